The third-order valence-electron chi connectivity index (χ3n) is 4.97. The van der Waals surface area contributed by atoms with Gasteiger partial charge in [0.2, 0.25) is 0 Å². The number of aliphatic hydroxyl groups excluding tert-OH is 1. The number of fused-ring (bicyclic) bond motifs is 2. The molecule has 0 radical (unpaired) electrons. The number of hydrogen-bond acceptors (Lipinski definition) is 4. The Morgan fingerprint density at radius 2 is 2.10 bits per heavy atom. The lowest BCUT2D eigenvalue weighted by molar-refractivity contribution is 0.133. The molecule has 3 heterocycles. The zero-order chi connectivity index (χ0) is 13.9. The van der Waals surface area contributed by atoms with Crippen molar-refractivity contribution in [1.82, 2.24) is 20.0 Å². The van der Waals surface area contributed by atoms with Gasteiger partial charge in [-0.2, -0.15) is 5.10 Å². The molecule has 112 valence electrons. The predicted molar refractivity (Wildman–Crippen MR) is 78.3 cm³/mol. The van der Waals surface area contributed by atoms with Crippen LogP contribution in [0.25, 0.3) is 0 Å². The molecule has 20 heavy (non-hydrogen) atoms. The number of hydrogen-bond donors (Lipinski definition) is 2. The zero-order valence-electron chi connectivity index (χ0n) is 12.3. The van der Waals surface area contributed by atoms with Gasteiger partial charge in [-0.25, -0.2) is 0 Å². The molecule has 0 aliphatic carbocycles. The summed E-state index contributed by atoms with van der Waals surface area (Å²) in [4.78, 5) is 2.59. The van der Waals surface area contributed by atoms with Crippen molar-refractivity contribution in [3.63, 3.8) is 0 Å². The molecule has 0 amide bonds. The molecule has 2 atom stereocenters. The van der Waals surface area contributed by atoms with Crippen LogP contribution in [-0.4, -0.2) is 52.1 Å². The molecule has 0 aromatic carbocycles. The van der Waals surface area contributed by atoms with Crippen LogP contribution in [0, 0.1) is 5.92 Å². The highest BCUT2D eigenvalue weighted by molar-refractivity contribution is 5.03. The minimum Gasteiger partial charge on any atom is -0.394 e. The average molecular weight is 278 g/mol. The van der Waals surface area contributed by atoms with Crippen LogP contribution in [0.15, 0.2) is 12.4 Å². The second-order valence-corrected chi connectivity index (χ2v) is 6.35. The minimum atomic E-state index is 0.146. The summed E-state index contributed by atoms with van der Waals surface area (Å²) in [6, 6.07) is 1.65. The summed E-state index contributed by atoms with van der Waals surface area (Å²) in [5.41, 5.74) is 1.20. The lowest BCUT2D eigenvalue weighted by Crippen LogP contribution is -2.42. The lowest BCUT2D eigenvalue weighted by atomic mass is 9.91. The van der Waals surface area contributed by atoms with Crippen molar-refractivity contribution in [2.24, 2.45) is 5.92 Å². The number of nitrogens with one attached hydrogen (secondary N) is 1. The van der Waals surface area contributed by atoms with E-state index < -0.39 is 0 Å². The minimum absolute atomic E-state index is 0.146. The Kier molecular flexibility index (Phi) is 4.38. The van der Waals surface area contributed by atoms with Gasteiger partial charge in [-0.15, -0.1) is 0 Å². The van der Waals surface area contributed by atoms with Gasteiger partial charge >= 0.3 is 0 Å². The van der Waals surface area contributed by atoms with Crippen LogP contribution in [0.3, 0.4) is 0 Å². The molecule has 1 aromatic rings. The molecular formula is C15H26N4O. The van der Waals surface area contributed by atoms with Crippen molar-refractivity contribution in [3.8, 4) is 0 Å². The summed E-state index contributed by atoms with van der Waals surface area (Å²) >= 11 is 0. The van der Waals surface area contributed by atoms with E-state index >= 15 is 0 Å². The van der Waals surface area contributed by atoms with Gasteiger partial charge in [-0.1, -0.05) is 0 Å². The van der Waals surface area contributed by atoms with Crippen LogP contribution in [0.1, 0.15) is 31.2 Å². The Bertz CT molecular complexity index is 419. The van der Waals surface area contributed by atoms with Crippen LogP contribution >= 0.6 is 0 Å². The summed E-state index contributed by atoms with van der Waals surface area (Å²) in [6.07, 6.45) is 9.40. The SMILES string of the molecule is CN1C2CCC1CC(CNCc1cnn(CCO)c1)C2. The van der Waals surface area contributed by atoms with Crippen LogP contribution < -0.4 is 5.32 Å². The zero-order valence-corrected chi connectivity index (χ0v) is 12.3. The third kappa shape index (κ3) is 3.05. The number of rotatable bonds is 6. The molecule has 2 unspecified atom stereocenters. The topological polar surface area (TPSA) is 53.3 Å². The fourth-order valence-corrected chi connectivity index (χ4v) is 3.83. The largest absolute Gasteiger partial charge is 0.394 e. The molecule has 3 rings (SSSR count). The lowest BCUT2D eigenvalue weighted by Gasteiger charge is -2.36. The average Bonchev–Trinajstić information content (AvgIpc) is 2.93. The van der Waals surface area contributed by atoms with Crippen LogP contribution in [-0.2, 0) is 13.1 Å². The van der Waals surface area contributed by atoms with Crippen molar-refractivity contribution in [2.75, 3.05) is 20.2 Å². The van der Waals surface area contributed by atoms with E-state index in [0.29, 0.717) is 6.54 Å². The molecule has 2 bridgehead atoms. The van der Waals surface area contributed by atoms with Crippen molar-refractivity contribution in [3.05, 3.63) is 18.0 Å². The standard InChI is InChI=1S/C15H26N4O/c1-18-14-2-3-15(18)7-12(6-14)8-16-9-13-10-17-19(11-13)4-5-20/h10-12,14-16,20H,2-9H2,1H3. The van der Waals surface area contributed by atoms with Gasteiger partial charge in [0.1, 0.15) is 0 Å². The van der Waals surface area contributed by atoms with Gasteiger partial charge in [-0.3, -0.25) is 4.68 Å². The molecule has 0 saturated carbocycles. The molecule has 5 heteroatoms. The van der Waals surface area contributed by atoms with Gasteiger partial charge in [0.05, 0.1) is 19.3 Å². The van der Waals surface area contributed by atoms with E-state index in [4.69, 9.17) is 5.11 Å². The predicted octanol–water partition coefficient (Wildman–Crippen LogP) is 0.838. The summed E-state index contributed by atoms with van der Waals surface area (Å²) in [5.74, 6) is 0.830. The highest BCUT2D eigenvalue weighted by Crippen LogP contribution is 2.36. The highest BCUT2D eigenvalue weighted by atomic mass is 16.3. The molecule has 5 nitrogen and oxygen atoms in total. The Morgan fingerprint density at radius 3 is 2.80 bits per heavy atom. The van der Waals surface area contributed by atoms with Crippen molar-refractivity contribution in [2.45, 2.75) is 50.9 Å². The highest BCUT2D eigenvalue weighted by Gasteiger charge is 2.37. The van der Waals surface area contributed by atoms with Gasteiger partial charge in [0.15, 0.2) is 0 Å². The Hall–Kier alpha value is -0.910. The normalized spacial score (nSPS) is 30.0. The third-order valence-corrected chi connectivity index (χ3v) is 4.97. The fraction of sp³-hybridized carbons (Fsp3) is 0.800. The summed E-state index contributed by atoms with van der Waals surface area (Å²) in [5, 5.41) is 16.7. The van der Waals surface area contributed by atoms with E-state index in [1.165, 1.54) is 31.2 Å². The van der Waals surface area contributed by atoms with Crippen LogP contribution in [0.2, 0.25) is 0 Å². The van der Waals surface area contributed by atoms with E-state index in [0.717, 1.165) is 31.1 Å². The van der Waals surface area contributed by atoms with Gasteiger partial charge in [-0.05, 0) is 45.2 Å². The Labute approximate surface area is 121 Å². The van der Waals surface area contributed by atoms with Crippen molar-refractivity contribution >= 4 is 0 Å². The van der Waals surface area contributed by atoms with Crippen LogP contribution in [0.5, 0.6) is 0 Å². The number of aliphatic hydroxyl groups is 1. The molecule has 0 spiro atoms. The molecule has 2 N–H and O–H groups in total. The molecule has 2 aliphatic heterocycles. The van der Waals surface area contributed by atoms with E-state index in [2.05, 4.69) is 22.4 Å². The maximum atomic E-state index is 8.87. The van der Waals surface area contributed by atoms with Crippen molar-refractivity contribution < 1.29 is 5.11 Å². The molecule has 2 fully saturated rings. The molecular weight excluding hydrogens is 252 g/mol. The maximum Gasteiger partial charge on any atom is 0.0640 e. The van der Waals surface area contributed by atoms with E-state index in [-0.39, 0.29) is 6.61 Å². The van der Waals surface area contributed by atoms with Gasteiger partial charge < -0.3 is 15.3 Å². The van der Waals surface area contributed by atoms with Crippen molar-refractivity contribution in [1.29, 1.82) is 0 Å². The number of nitrogens with zero attached hydrogens (tertiary/aromatic N) is 3. The molecule has 1 aromatic heterocycles. The van der Waals surface area contributed by atoms with Crippen LogP contribution in [0.4, 0.5) is 0 Å². The Balaban J connectivity index is 1.41. The fourth-order valence-electron chi connectivity index (χ4n) is 3.83. The van der Waals surface area contributed by atoms with E-state index in [1.54, 1.807) is 4.68 Å². The van der Waals surface area contributed by atoms with E-state index in [1.807, 2.05) is 12.4 Å². The van der Waals surface area contributed by atoms with E-state index in [9.17, 15) is 0 Å². The quantitative estimate of drug-likeness (QED) is 0.809. The maximum absolute atomic E-state index is 8.87. The van der Waals surface area contributed by atoms with Gasteiger partial charge in [0.25, 0.3) is 0 Å². The summed E-state index contributed by atoms with van der Waals surface area (Å²) in [6.45, 7) is 2.73. The second-order valence-electron chi connectivity index (χ2n) is 6.35. The molecule has 2 saturated heterocycles. The first kappa shape index (κ1) is 14.0. The summed E-state index contributed by atoms with van der Waals surface area (Å²) < 4.78 is 1.80. The monoisotopic (exact) mass is 278 g/mol. The van der Waals surface area contributed by atoms with Gasteiger partial charge in [0, 0.05) is 30.4 Å². The first-order valence-electron chi connectivity index (χ1n) is 7.81. The second kappa shape index (κ2) is 6.24. The first-order chi connectivity index (χ1) is 9.76. The number of piperidine rings is 1. The summed E-state index contributed by atoms with van der Waals surface area (Å²) in [7, 11) is 2.29. The number of aromatic nitrogens is 2. The molecule has 2 aliphatic rings. The Morgan fingerprint density at radius 1 is 1.35 bits per heavy atom. The first-order valence-corrected chi connectivity index (χ1v) is 7.81. The smallest absolute Gasteiger partial charge is 0.0640 e.